The highest BCUT2D eigenvalue weighted by Gasteiger charge is 2.44. The fourth-order valence-corrected chi connectivity index (χ4v) is 3.48. The lowest BCUT2D eigenvalue weighted by atomic mass is 10.1. The van der Waals surface area contributed by atoms with Crippen LogP contribution in [0.4, 0.5) is 0 Å². The molecule has 2 heterocycles. The van der Waals surface area contributed by atoms with E-state index < -0.39 is 31.1 Å². The average molecular weight is 396 g/mol. The van der Waals surface area contributed by atoms with Gasteiger partial charge < -0.3 is 29.8 Å². The van der Waals surface area contributed by atoms with Gasteiger partial charge in [-0.2, -0.15) is 0 Å². The van der Waals surface area contributed by atoms with E-state index in [1.54, 1.807) is 6.07 Å². The average Bonchev–Trinajstić information content (AvgIpc) is 2.97. The quantitative estimate of drug-likeness (QED) is 0.361. The molecule has 1 aromatic heterocycles. The minimum absolute atomic E-state index is 0.0935. The second-order valence-corrected chi connectivity index (χ2v) is 6.50. The maximum Gasteiger partial charge on any atom is 0.164 e. The number of nitrogens with zero attached hydrogens (tertiary/aromatic N) is 2. The second-order valence-electron chi connectivity index (χ2n) is 5.33. The van der Waals surface area contributed by atoms with Gasteiger partial charge in [-0.3, -0.25) is 0 Å². The number of oxime groups is 1. The highest BCUT2D eigenvalue weighted by atomic mass is 35.5. The van der Waals surface area contributed by atoms with E-state index in [0.29, 0.717) is 16.5 Å². The summed E-state index contributed by atoms with van der Waals surface area (Å²) in [6.45, 7) is -0.469. The lowest BCUT2D eigenvalue weighted by Crippen LogP contribution is -2.33. The first-order valence-corrected chi connectivity index (χ1v) is 8.02. The van der Waals surface area contributed by atoms with Crippen LogP contribution in [0.3, 0.4) is 0 Å². The lowest BCUT2D eigenvalue weighted by Gasteiger charge is -2.19. The topological polar surface area (TPSA) is 107 Å². The molecule has 1 aromatic carbocycles. The van der Waals surface area contributed by atoms with Crippen LogP contribution in [0.15, 0.2) is 17.3 Å². The van der Waals surface area contributed by atoms with Gasteiger partial charge in [-0.05, 0) is 12.1 Å². The summed E-state index contributed by atoms with van der Waals surface area (Å²) in [6.07, 6.45) is -3.52. The molecule has 0 saturated carbocycles. The molecule has 1 aliphatic rings. The fraction of sp³-hybridized carbons (Fsp3) is 0.357. The zero-order valence-electron chi connectivity index (χ0n) is 12.0. The van der Waals surface area contributed by atoms with Gasteiger partial charge in [-0.15, -0.1) is 0 Å². The number of aliphatic hydroxyl groups excluding tert-OH is 3. The van der Waals surface area contributed by atoms with E-state index in [0.717, 1.165) is 6.21 Å². The van der Waals surface area contributed by atoms with Crippen LogP contribution in [-0.2, 0) is 4.74 Å². The summed E-state index contributed by atoms with van der Waals surface area (Å²) in [6, 6.07) is 3.06. The zero-order chi connectivity index (χ0) is 17.6. The van der Waals surface area contributed by atoms with Crippen LogP contribution in [0.1, 0.15) is 11.8 Å². The van der Waals surface area contributed by atoms with Crippen molar-refractivity contribution in [2.75, 3.05) is 6.61 Å². The highest BCUT2D eigenvalue weighted by Crippen LogP contribution is 2.40. The van der Waals surface area contributed by atoms with E-state index in [9.17, 15) is 15.3 Å². The van der Waals surface area contributed by atoms with Crippen molar-refractivity contribution < 1.29 is 25.3 Å². The standard InChI is InChI=1S/C14H13Cl3N2O5/c15-7-1-5-6(3-18-23)13(17)19(9(5)2-8(7)16)14-12(22)11(21)10(4-20)24-14/h1-3,10-12,14,20-23H,4H2/b18-3+/t10-,11-,12-,14-/m1/s1. The number of aliphatic hydroxyl groups is 3. The van der Waals surface area contributed by atoms with Crippen molar-refractivity contribution in [3.05, 3.63) is 32.9 Å². The molecule has 1 saturated heterocycles. The zero-order valence-corrected chi connectivity index (χ0v) is 14.2. The summed E-state index contributed by atoms with van der Waals surface area (Å²) < 4.78 is 6.92. The molecule has 0 bridgehead atoms. The molecule has 0 aliphatic carbocycles. The summed E-state index contributed by atoms with van der Waals surface area (Å²) in [5.74, 6) is 0. The Morgan fingerprint density at radius 2 is 1.83 bits per heavy atom. The maximum absolute atomic E-state index is 10.3. The molecule has 0 spiro atoms. The number of aromatic nitrogens is 1. The minimum atomic E-state index is -1.33. The third-order valence-electron chi connectivity index (χ3n) is 3.98. The SMILES string of the molecule is OC[C@H]1O[C@@H](n2c(Cl)c(/C=N/O)c3cc(Cl)c(Cl)cc32)[C@H](O)[C@@H]1O. The van der Waals surface area contributed by atoms with Crippen molar-refractivity contribution in [2.24, 2.45) is 5.16 Å². The van der Waals surface area contributed by atoms with Crippen molar-refractivity contribution in [1.82, 2.24) is 4.57 Å². The van der Waals surface area contributed by atoms with Gasteiger partial charge in [-0.25, -0.2) is 0 Å². The van der Waals surface area contributed by atoms with Crippen LogP contribution in [-0.4, -0.2) is 56.2 Å². The third-order valence-corrected chi connectivity index (χ3v) is 5.09. The maximum atomic E-state index is 10.3. The summed E-state index contributed by atoms with van der Waals surface area (Å²) in [4.78, 5) is 0. The summed E-state index contributed by atoms with van der Waals surface area (Å²) in [5, 5.41) is 42.4. The summed E-state index contributed by atoms with van der Waals surface area (Å²) in [5.41, 5.74) is 0.796. The lowest BCUT2D eigenvalue weighted by molar-refractivity contribution is -0.0505. The first-order valence-electron chi connectivity index (χ1n) is 6.89. The molecule has 10 heteroatoms. The van der Waals surface area contributed by atoms with Gasteiger partial charge in [0.1, 0.15) is 23.5 Å². The molecule has 0 unspecified atom stereocenters. The molecule has 0 radical (unpaired) electrons. The number of fused-ring (bicyclic) bond motifs is 1. The molecule has 4 N–H and O–H groups in total. The Balaban J connectivity index is 2.25. The van der Waals surface area contributed by atoms with E-state index >= 15 is 0 Å². The van der Waals surface area contributed by atoms with Gasteiger partial charge >= 0.3 is 0 Å². The predicted molar refractivity (Wildman–Crippen MR) is 89.4 cm³/mol. The number of ether oxygens (including phenoxy) is 1. The van der Waals surface area contributed by atoms with Crippen LogP contribution < -0.4 is 0 Å². The van der Waals surface area contributed by atoms with E-state index in [-0.39, 0.29) is 15.2 Å². The Bertz CT molecular complexity index is 810. The Morgan fingerprint density at radius 3 is 2.42 bits per heavy atom. The van der Waals surface area contributed by atoms with Crippen molar-refractivity contribution in [3.8, 4) is 0 Å². The van der Waals surface area contributed by atoms with Gasteiger partial charge in [0.05, 0.1) is 28.4 Å². The number of benzene rings is 1. The van der Waals surface area contributed by atoms with Crippen molar-refractivity contribution in [2.45, 2.75) is 24.5 Å². The molecule has 4 atom stereocenters. The largest absolute Gasteiger partial charge is 0.411 e. The van der Waals surface area contributed by atoms with Crippen LogP contribution in [0, 0.1) is 0 Å². The number of halogens is 3. The Hall–Kier alpha value is -1.06. The van der Waals surface area contributed by atoms with Gasteiger partial charge in [0.2, 0.25) is 0 Å². The highest BCUT2D eigenvalue weighted by molar-refractivity contribution is 6.43. The predicted octanol–water partition coefficient (Wildman–Crippen LogP) is 2.02. The molecule has 24 heavy (non-hydrogen) atoms. The van der Waals surface area contributed by atoms with E-state index in [1.807, 2.05) is 0 Å². The Labute approximate surface area is 151 Å². The van der Waals surface area contributed by atoms with Crippen LogP contribution in [0.5, 0.6) is 0 Å². The molecule has 0 amide bonds. The van der Waals surface area contributed by atoms with Crippen molar-refractivity contribution in [3.63, 3.8) is 0 Å². The van der Waals surface area contributed by atoms with Gasteiger partial charge in [0, 0.05) is 10.9 Å². The Morgan fingerprint density at radius 1 is 1.17 bits per heavy atom. The van der Waals surface area contributed by atoms with Gasteiger partial charge in [-0.1, -0.05) is 40.0 Å². The Kier molecular flexibility index (Phi) is 4.94. The molecule has 1 aliphatic heterocycles. The van der Waals surface area contributed by atoms with Crippen LogP contribution in [0.25, 0.3) is 10.9 Å². The van der Waals surface area contributed by atoms with E-state index in [1.165, 1.54) is 10.6 Å². The number of rotatable bonds is 3. The smallest absolute Gasteiger partial charge is 0.164 e. The number of hydrogen-bond donors (Lipinski definition) is 4. The van der Waals surface area contributed by atoms with Crippen molar-refractivity contribution >= 4 is 51.9 Å². The second kappa shape index (κ2) is 6.68. The normalized spacial score (nSPS) is 27.6. The molecule has 7 nitrogen and oxygen atoms in total. The molecule has 3 rings (SSSR count). The molecule has 1 fully saturated rings. The molecular weight excluding hydrogens is 383 g/mol. The third kappa shape index (κ3) is 2.66. The molecule has 2 aromatic rings. The molecular formula is C14H13Cl3N2O5. The van der Waals surface area contributed by atoms with Crippen molar-refractivity contribution in [1.29, 1.82) is 0 Å². The van der Waals surface area contributed by atoms with Gasteiger partial charge in [0.15, 0.2) is 6.23 Å². The van der Waals surface area contributed by atoms with Crippen LogP contribution in [0.2, 0.25) is 15.2 Å². The monoisotopic (exact) mass is 394 g/mol. The first-order chi connectivity index (χ1) is 11.4. The fourth-order valence-electron chi connectivity index (χ4n) is 2.82. The first kappa shape index (κ1) is 17.8. The summed E-state index contributed by atoms with van der Waals surface area (Å²) in [7, 11) is 0. The van der Waals surface area contributed by atoms with Crippen LogP contribution >= 0.6 is 34.8 Å². The summed E-state index contributed by atoms with van der Waals surface area (Å²) >= 11 is 18.5. The van der Waals surface area contributed by atoms with Gasteiger partial charge in [0.25, 0.3) is 0 Å². The number of hydrogen-bond acceptors (Lipinski definition) is 6. The molecule has 130 valence electrons. The van der Waals surface area contributed by atoms with E-state index in [4.69, 9.17) is 44.7 Å². The minimum Gasteiger partial charge on any atom is -0.411 e. The van der Waals surface area contributed by atoms with E-state index in [2.05, 4.69) is 5.16 Å².